The van der Waals surface area contributed by atoms with E-state index in [0.717, 1.165) is 55.5 Å². The highest BCUT2D eigenvalue weighted by Crippen LogP contribution is 2.19. The van der Waals surface area contributed by atoms with Crippen molar-refractivity contribution in [3.63, 3.8) is 0 Å². The normalized spacial score (nSPS) is 14.9. The number of aromatic amines is 1. The number of piperazine rings is 1. The standard InChI is InChI=1S/C21H23ClN6O/c1-14-15(2)25-20(26-21(14)29)16-3-6-19(24-11-16)28-9-7-27(8-10-28)13-18-5-4-17(22)12-23-18/h3-6,11-12H,7-10,13H2,1-2H3,(H,25,26,29). The van der Waals surface area contributed by atoms with Crippen LogP contribution in [0.4, 0.5) is 5.82 Å². The van der Waals surface area contributed by atoms with E-state index in [1.54, 1.807) is 19.3 Å². The second kappa shape index (κ2) is 8.31. The molecule has 4 rings (SSSR count). The van der Waals surface area contributed by atoms with Crippen LogP contribution in [0.15, 0.2) is 41.5 Å². The molecule has 3 aromatic heterocycles. The van der Waals surface area contributed by atoms with Gasteiger partial charge in [0.25, 0.3) is 5.56 Å². The molecule has 0 saturated carbocycles. The van der Waals surface area contributed by atoms with Crippen LogP contribution in [0.2, 0.25) is 5.02 Å². The molecule has 1 aliphatic rings. The molecule has 29 heavy (non-hydrogen) atoms. The van der Waals surface area contributed by atoms with Crippen molar-refractivity contribution >= 4 is 17.4 Å². The van der Waals surface area contributed by atoms with E-state index in [1.807, 2.05) is 31.2 Å². The molecule has 0 bridgehead atoms. The molecule has 1 N–H and O–H groups in total. The number of H-pyrrole nitrogens is 1. The van der Waals surface area contributed by atoms with Gasteiger partial charge in [0.05, 0.1) is 10.7 Å². The maximum Gasteiger partial charge on any atom is 0.254 e. The molecule has 150 valence electrons. The molecule has 0 spiro atoms. The molecular formula is C21H23ClN6O. The van der Waals surface area contributed by atoms with Crippen LogP contribution in [0.3, 0.4) is 0 Å². The first kappa shape index (κ1) is 19.5. The predicted molar refractivity (Wildman–Crippen MR) is 114 cm³/mol. The molecule has 0 unspecified atom stereocenters. The topological polar surface area (TPSA) is 78.0 Å². The molecule has 8 heteroatoms. The van der Waals surface area contributed by atoms with Crippen molar-refractivity contribution in [1.82, 2.24) is 24.8 Å². The van der Waals surface area contributed by atoms with Crippen molar-refractivity contribution in [3.8, 4) is 11.4 Å². The van der Waals surface area contributed by atoms with E-state index in [-0.39, 0.29) is 5.56 Å². The molecule has 0 amide bonds. The third-order valence-corrected chi connectivity index (χ3v) is 5.51. The summed E-state index contributed by atoms with van der Waals surface area (Å²) in [6.45, 7) is 8.13. The van der Waals surface area contributed by atoms with E-state index >= 15 is 0 Å². The van der Waals surface area contributed by atoms with Gasteiger partial charge in [-0.2, -0.15) is 0 Å². The van der Waals surface area contributed by atoms with Crippen LogP contribution in [0.5, 0.6) is 0 Å². The first-order chi connectivity index (χ1) is 14.0. The lowest BCUT2D eigenvalue weighted by Gasteiger charge is -2.35. The van der Waals surface area contributed by atoms with Crippen LogP contribution in [0.1, 0.15) is 17.0 Å². The Morgan fingerprint density at radius 2 is 1.83 bits per heavy atom. The van der Waals surface area contributed by atoms with E-state index < -0.39 is 0 Å². The van der Waals surface area contributed by atoms with E-state index in [4.69, 9.17) is 11.6 Å². The summed E-state index contributed by atoms with van der Waals surface area (Å²) in [5, 5.41) is 0.660. The summed E-state index contributed by atoms with van der Waals surface area (Å²) in [4.78, 5) is 32.9. The summed E-state index contributed by atoms with van der Waals surface area (Å²) in [7, 11) is 0. The Morgan fingerprint density at radius 1 is 1.03 bits per heavy atom. The molecule has 0 atom stereocenters. The van der Waals surface area contributed by atoms with Crippen LogP contribution >= 0.6 is 11.6 Å². The fourth-order valence-corrected chi connectivity index (χ4v) is 3.47. The van der Waals surface area contributed by atoms with Gasteiger partial charge in [0.1, 0.15) is 11.6 Å². The molecule has 0 aromatic carbocycles. The fraction of sp³-hybridized carbons (Fsp3) is 0.333. The van der Waals surface area contributed by atoms with Gasteiger partial charge in [-0.25, -0.2) is 9.97 Å². The van der Waals surface area contributed by atoms with E-state index in [2.05, 4.69) is 29.7 Å². The SMILES string of the molecule is Cc1nc(-c2ccc(N3CCN(Cc4ccc(Cl)cn4)CC3)nc2)[nH]c(=O)c1C. The maximum absolute atomic E-state index is 12.0. The van der Waals surface area contributed by atoms with Gasteiger partial charge in [-0.1, -0.05) is 11.6 Å². The third kappa shape index (κ3) is 4.46. The minimum Gasteiger partial charge on any atom is -0.354 e. The van der Waals surface area contributed by atoms with Crippen molar-refractivity contribution in [2.75, 3.05) is 31.1 Å². The van der Waals surface area contributed by atoms with Crippen molar-refractivity contribution in [2.24, 2.45) is 0 Å². The quantitative estimate of drug-likeness (QED) is 0.712. The zero-order chi connectivity index (χ0) is 20.4. The number of nitrogens with zero attached hydrogens (tertiary/aromatic N) is 5. The molecule has 0 aliphatic carbocycles. The Bertz CT molecular complexity index is 1040. The number of aryl methyl sites for hydroxylation is 1. The van der Waals surface area contributed by atoms with Crippen molar-refractivity contribution < 1.29 is 0 Å². The predicted octanol–water partition coefficient (Wildman–Crippen LogP) is 2.82. The number of nitrogens with one attached hydrogen (secondary N) is 1. The summed E-state index contributed by atoms with van der Waals surface area (Å²) < 4.78 is 0. The number of hydrogen-bond acceptors (Lipinski definition) is 6. The Labute approximate surface area is 174 Å². The summed E-state index contributed by atoms with van der Waals surface area (Å²) in [6, 6.07) is 7.80. The van der Waals surface area contributed by atoms with Crippen LogP contribution in [-0.4, -0.2) is 51.0 Å². The molecule has 1 aliphatic heterocycles. The monoisotopic (exact) mass is 410 g/mol. The molecular weight excluding hydrogens is 388 g/mol. The first-order valence-corrected chi connectivity index (χ1v) is 9.99. The van der Waals surface area contributed by atoms with E-state index in [1.165, 1.54) is 0 Å². The third-order valence-electron chi connectivity index (χ3n) is 5.29. The van der Waals surface area contributed by atoms with E-state index in [9.17, 15) is 4.79 Å². The molecule has 3 aromatic rings. The second-order valence-electron chi connectivity index (χ2n) is 7.26. The highest BCUT2D eigenvalue weighted by atomic mass is 35.5. The van der Waals surface area contributed by atoms with Crippen LogP contribution in [0, 0.1) is 13.8 Å². The van der Waals surface area contributed by atoms with Gasteiger partial charge in [0.2, 0.25) is 0 Å². The highest BCUT2D eigenvalue weighted by Gasteiger charge is 2.18. The van der Waals surface area contributed by atoms with Gasteiger partial charge >= 0.3 is 0 Å². The fourth-order valence-electron chi connectivity index (χ4n) is 3.36. The van der Waals surface area contributed by atoms with Gasteiger partial charge in [-0.05, 0) is 38.1 Å². The smallest absolute Gasteiger partial charge is 0.254 e. The zero-order valence-electron chi connectivity index (χ0n) is 16.5. The Kier molecular flexibility index (Phi) is 5.60. The largest absolute Gasteiger partial charge is 0.354 e. The molecule has 7 nitrogen and oxygen atoms in total. The Morgan fingerprint density at radius 3 is 2.45 bits per heavy atom. The van der Waals surface area contributed by atoms with Crippen LogP contribution in [-0.2, 0) is 6.54 Å². The Balaban J connectivity index is 1.39. The lowest BCUT2D eigenvalue weighted by molar-refractivity contribution is 0.246. The van der Waals surface area contributed by atoms with E-state index in [0.29, 0.717) is 16.4 Å². The molecule has 0 radical (unpaired) electrons. The second-order valence-corrected chi connectivity index (χ2v) is 7.70. The number of hydrogen-bond donors (Lipinski definition) is 1. The van der Waals surface area contributed by atoms with Crippen molar-refractivity contribution in [3.05, 3.63) is 69.0 Å². The molecule has 1 fully saturated rings. The minimum absolute atomic E-state index is 0.108. The van der Waals surface area contributed by atoms with Crippen LogP contribution < -0.4 is 10.5 Å². The number of halogens is 1. The number of pyridine rings is 2. The number of anilines is 1. The van der Waals surface area contributed by atoms with Gasteiger partial charge in [0.15, 0.2) is 0 Å². The van der Waals surface area contributed by atoms with Crippen molar-refractivity contribution in [1.29, 1.82) is 0 Å². The van der Waals surface area contributed by atoms with Gasteiger partial charge in [-0.15, -0.1) is 0 Å². The molecule has 1 saturated heterocycles. The summed E-state index contributed by atoms with van der Waals surface area (Å²) in [6.07, 6.45) is 3.46. The zero-order valence-corrected chi connectivity index (χ0v) is 17.3. The summed E-state index contributed by atoms with van der Waals surface area (Å²) in [5.41, 5.74) is 3.11. The van der Waals surface area contributed by atoms with Gasteiger partial charge in [0, 0.05) is 61.9 Å². The summed E-state index contributed by atoms with van der Waals surface area (Å²) >= 11 is 5.90. The maximum atomic E-state index is 12.0. The lowest BCUT2D eigenvalue weighted by atomic mass is 10.2. The highest BCUT2D eigenvalue weighted by molar-refractivity contribution is 6.30. The Hall–Kier alpha value is -2.77. The van der Waals surface area contributed by atoms with Crippen molar-refractivity contribution in [2.45, 2.75) is 20.4 Å². The van der Waals surface area contributed by atoms with Gasteiger partial charge < -0.3 is 9.88 Å². The average Bonchev–Trinajstić information content (AvgIpc) is 2.74. The number of aromatic nitrogens is 4. The summed E-state index contributed by atoms with van der Waals surface area (Å²) in [5.74, 6) is 1.49. The lowest BCUT2D eigenvalue weighted by Crippen LogP contribution is -2.46. The minimum atomic E-state index is -0.108. The van der Waals surface area contributed by atoms with Gasteiger partial charge in [-0.3, -0.25) is 14.7 Å². The molecule has 4 heterocycles. The number of rotatable bonds is 4. The average molecular weight is 411 g/mol. The van der Waals surface area contributed by atoms with Crippen LogP contribution in [0.25, 0.3) is 11.4 Å². The first-order valence-electron chi connectivity index (χ1n) is 9.61.